The predicted molar refractivity (Wildman–Crippen MR) is 176 cm³/mol. The second kappa shape index (κ2) is 12.3. The number of imidazole rings is 1. The molecule has 0 aliphatic carbocycles. The maximum Gasteiger partial charge on any atom is 0.228 e. The molecule has 1 amide bonds. The van der Waals surface area contributed by atoms with Crippen LogP contribution in [0.3, 0.4) is 0 Å². The third-order valence-corrected chi connectivity index (χ3v) is 8.32. The molecule has 1 fully saturated rings. The fraction of sp³-hybridized carbons (Fsp3) is 0.176. The zero-order valence-electron chi connectivity index (χ0n) is 24.2. The van der Waals surface area contributed by atoms with Crippen molar-refractivity contribution in [3.05, 3.63) is 108 Å². The molecule has 9 nitrogen and oxygen atoms in total. The number of aromatic nitrogens is 4. The molecule has 0 saturated carbocycles. The van der Waals surface area contributed by atoms with Gasteiger partial charge in [0.25, 0.3) is 0 Å². The molecule has 220 valence electrons. The first kappa shape index (κ1) is 27.8. The fourth-order valence-corrected chi connectivity index (χ4v) is 6.04. The number of benzene rings is 3. The minimum atomic E-state index is -0.0680. The number of aryl methyl sites for hydroxylation is 1. The van der Waals surface area contributed by atoms with Gasteiger partial charge in [-0.25, -0.2) is 15.0 Å². The summed E-state index contributed by atoms with van der Waals surface area (Å²) in [5, 5.41) is 8.41. The van der Waals surface area contributed by atoms with E-state index in [0.29, 0.717) is 18.1 Å². The number of amides is 1. The van der Waals surface area contributed by atoms with E-state index in [1.54, 1.807) is 17.5 Å². The molecule has 2 N–H and O–H groups in total. The number of nitrogens with zero attached hydrogens (tertiary/aromatic N) is 5. The van der Waals surface area contributed by atoms with Crippen molar-refractivity contribution >= 4 is 45.2 Å². The van der Waals surface area contributed by atoms with Crippen LogP contribution in [0.25, 0.3) is 27.6 Å². The molecular weight excluding hydrogens is 570 g/mol. The summed E-state index contributed by atoms with van der Waals surface area (Å²) >= 11 is 1.56. The van der Waals surface area contributed by atoms with E-state index in [-0.39, 0.29) is 5.91 Å². The summed E-state index contributed by atoms with van der Waals surface area (Å²) in [6.07, 6.45) is 4.06. The topological polar surface area (TPSA) is 96.7 Å². The summed E-state index contributed by atoms with van der Waals surface area (Å²) < 4.78 is 7.52. The molecule has 4 heterocycles. The van der Waals surface area contributed by atoms with Crippen molar-refractivity contribution in [3.63, 3.8) is 0 Å². The maximum atomic E-state index is 12.8. The number of fused-ring (bicyclic) bond motifs is 1. The van der Waals surface area contributed by atoms with Gasteiger partial charge in [-0.05, 0) is 55.0 Å². The third-order valence-electron chi connectivity index (χ3n) is 7.57. The van der Waals surface area contributed by atoms with Crippen molar-refractivity contribution in [2.45, 2.75) is 13.3 Å². The zero-order valence-corrected chi connectivity index (χ0v) is 25.1. The Labute approximate surface area is 259 Å². The summed E-state index contributed by atoms with van der Waals surface area (Å²) in [6.45, 7) is 5.33. The third kappa shape index (κ3) is 6.03. The smallest absolute Gasteiger partial charge is 0.228 e. The Morgan fingerprint density at radius 1 is 0.955 bits per heavy atom. The average Bonchev–Trinajstić information content (AvgIpc) is 3.65. The Hall–Kier alpha value is -5.06. The zero-order chi connectivity index (χ0) is 29.9. The Morgan fingerprint density at radius 3 is 2.59 bits per heavy atom. The molecule has 0 atom stereocenters. The number of anilines is 4. The number of hydrogen-bond donors (Lipinski definition) is 2. The van der Waals surface area contributed by atoms with Crippen molar-refractivity contribution in [1.82, 2.24) is 19.4 Å². The number of hydrogen-bond acceptors (Lipinski definition) is 8. The SMILES string of the molecule is Cc1ccc(CC(=O)Nc2cccc(-c3nc4sccn4c3-c3ccnc(Nc4ccc(N5CCOCC5)cc4)n3)c2)cc1. The largest absolute Gasteiger partial charge is 0.378 e. The second-order valence-corrected chi connectivity index (χ2v) is 11.6. The van der Waals surface area contributed by atoms with Crippen molar-refractivity contribution in [2.24, 2.45) is 0 Å². The summed E-state index contributed by atoms with van der Waals surface area (Å²) in [6, 6.07) is 26.0. The van der Waals surface area contributed by atoms with E-state index in [1.165, 1.54) is 11.3 Å². The average molecular weight is 602 g/mol. The molecule has 6 aromatic rings. The number of morpholine rings is 1. The molecule has 44 heavy (non-hydrogen) atoms. The summed E-state index contributed by atoms with van der Waals surface area (Å²) in [5.74, 6) is 0.427. The van der Waals surface area contributed by atoms with Gasteiger partial charge in [0.05, 0.1) is 31.0 Å². The molecule has 10 heteroatoms. The monoisotopic (exact) mass is 601 g/mol. The van der Waals surface area contributed by atoms with Gasteiger partial charge < -0.3 is 20.3 Å². The number of nitrogens with one attached hydrogen (secondary N) is 2. The first-order valence-corrected chi connectivity index (χ1v) is 15.4. The van der Waals surface area contributed by atoms with Crippen LogP contribution in [0.15, 0.2) is 96.6 Å². The van der Waals surface area contributed by atoms with E-state index in [4.69, 9.17) is 14.7 Å². The highest BCUT2D eigenvalue weighted by atomic mass is 32.1. The van der Waals surface area contributed by atoms with E-state index >= 15 is 0 Å². The highest BCUT2D eigenvalue weighted by Gasteiger charge is 2.19. The second-order valence-electron chi connectivity index (χ2n) is 10.7. The lowest BCUT2D eigenvalue weighted by Crippen LogP contribution is -2.36. The molecule has 0 radical (unpaired) electrons. The lowest BCUT2D eigenvalue weighted by atomic mass is 10.1. The Balaban J connectivity index is 1.13. The van der Waals surface area contributed by atoms with E-state index in [1.807, 2.05) is 89.6 Å². The molecule has 1 aliphatic rings. The quantitative estimate of drug-likeness (QED) is 0.203. The van der Waals surface area contributed by atoms with Gasteiger partial charge in [0.15, 0.2) is 4.96 Å². The van der Waals surface area contributed by atoms with Crippen molar-refractivity contribution in [2.75, 3.05) is 41.8 Å². The van der Waals surface area contributed by atoms with Crippen molar-refractivity contribution in [1.29, 1.82) is 0 Å². The standard InChI is InChI=1S/C34H31N7O2S/c1-23-5-7-24(8-6-23)21-30(42)36-27-4-2-3-25(22-27)31-32(41-17-20-44-34(41)39-31)29-13-14-35-33(38-29)37-26-9-11-28(12-10-26)40-15-18-43-19-16-40/h2-14,17,20,22H,15-16,18-19,21H2,1H3,(H,36,42)(H,35,37,38). The first-order chi connectivity index (χ1) is 21.6. The summed E-state index contributed by atoms with van der Waals surface area (Å²) in [7, 11) is 0. The van der Waals surface area contributed by atoms with Crippen LogP contribution in [-0.2, 0) is 16.0 Å². The normalized spacial score (nSPS) is 13.2. The van der Waals surface area contributed by atoms with Crippen LogP contribution < -0.4 is 15.5 Å². The number of carbonyl (C=O) groups excluding carboxylic acids is 1. The van der Waals surface area contributed by atoms with Crippen LogP contribution in [0.1, 0.15) is 11.1 Å². The first-order valence-electron chi connectivity index (χ1n) is 14.5. The molecule has 0 spiro atoms. The lowest BCUT2D eigenvalue weighted by Gasteiger charge is -2.28. The van der Waals surface area contributed by atoms with Crippen LogP contribution in [0.4, 0.5) is 23.0 Å². The van der Waals surface area contributed by atoms with Crippen molar-refractivity contribution < 1.29 is 9.53 Å². The molecule has 0 unspecified atom stereocenters. The van der Waals surface area contributed by atoms with Crippen LogP contribution in [0.2, 0.25) is 0 Å². The van der Waals surface area contributed by atoms with E-state index in [9.17, 15) is 4.79 Å². The molecule has 1 aliphatic heterocycles. The highest BCUT2D eigenvalue weighted by Crippen LogP contribution is 2.35. The van der Waals surface area contributed by atoms with Crippen molar-refractivity contribution in [3.8, 4) is 22.6 Å². The van der Waals surface area contributed by atoms with E-state index in [0.717, 1.165) is 65.2 Å². The van der Waals surface area contributed by atoms with Gasteiger partial charge in [-0.15, -0.1) is 11.3 Å². The molecule has 1 saturated heterocycles. The minimum absolute atomic E-state index is 0.0680. The molecule has 7 rings (SSSR count). The number of carbonyl (C=O) groups is 1. The summed E-state index contributed by atoms with van der Waals surface area (Å²) in [5.41, 5.74) is 8.20. The van der Waals surface area contributed by atoms with Crippen LogP contribution in [-0.4, -0.2) is 51.6 Å². The molecule has 0 bridgehead atoms. The van der Waals surface area contributed by atoms with Crippen LogP contribution in [0.5, 0.6) is 0 Å². The van der Waals surface area contributed by atoms with Gasteiger partial charge in [0.2, 0.25) is 11.9 Å². The minimum Gasteiger partial charge on any atom is -0.378 e. The highest BCUT2D eigenvalue weighted by molar-refractivity contribution is 7.15. The number of thiazole rings is 1. The molecule has 3 aromatic carbocycles. The predicted octanol–water partition coefficient (Wildman–Crippen LogP) is 6.59. The molecular formula is C34H31N7O2S. The van der Waals surface area contributed by atoms with E-state index in [2.05, 4.69) is 32.7 Å². The van der Waals surface area contributed by atoms with E-state index < -0.39 is 0 Å². The Bertz CT molecular complexity index is 1910. The number of ether oxygens (including phenoxy) is 1. The van der Waals surface area contributed by atoms with Crippen LogP contribution >= 0.6 is 11.3 Å². The van der Waals surface area contributed by atoms with Gasteiger partial charge in [-0.1, -0.05) is 42.0 Å². The summed E-state index contributed by atoms with van der Waals surface area (Å²) in [4.78, 5) is 30.3. The van der Waals surface area contributed by atoms with Gasteiger partial charge >= 0.3 is 0 Å². The van der Waals surface area contributed by atoms with Gasteiger partial charge in [-0.3, -0.25) is 9.20 Å². The maximum absolute atomic E-state index is 12.8. The van der Waals surface area contributed by atoms with Gasteiger partial charge in [0.1, 0.15) is 5.69 Å². The Kier molecular flexibility index (Phi) is 7.74. The lowest BCUT2D eigenvalue weighted by molar-refractivity contribution is -0.115. The van der Waals surface area contributed by atoms with Gasteiger partial charge in [-0.2, -0.15) is 0 Å². The van der Waals surface area contributed by atoms with Gasteiger partial charge in [0, 0.05) is 53.5 Å². The fourth-order valence-electron chi connectivity index (χ4n) is 5.33. The Morgan fingerprint density at radius 2 is 1.77 bits per heavy atom. The molecule has 3 aromatic heterocycles. The van der Waals surface area contributed by atoms with Crippen LogP contribution in [0, 0.1) is 6.92 Å². The number of rotatable bonds is 8.